The molecule has 1 nitrogen and oxygen atoms in total. The van der Waals surface area contributed by atoms with Gasteiger partial charge in [-0.05, 0) is 85.5 Å². The van der Waals surface area contributed by atoms with E-state index in [9.17, 15) is 0 Å². The predicted octanol–water partition coefficient (Wildman–Crippen LogP) is 13.0. The van der Waals surface area contributed by atoms with Crippen molar-refractivity contribution in [3.63, 3.8) is 0 Å². The van der Waals surface area contributed by atoms with Gasteiger partial charge in [0.25, 0.3) is 0 Å². The summed E-state index contributed by atoms with van der Waals surface area (Å²) in [5, 5.41) is 2.25. The summed E-state index contributed by atoms with van der Waals surface area (Å²) in [5.74, 6) is 0. The van der Waals surface area contributed by atoms with E-state index in [2.05, 4.69) is 194 Å². The van der Waals surface area contributed by atoms with Gasteiger partial charge in [-0.2, -0.15) is 0 Å². The van der Waals surface area contributed by atoms with Gasteiger partial charge in [-0.25, -0.2) is 0 Å². The first-order valence-corrected chi connectivity index (χ1v) is 17.3. The van der Waals surface area contributed by atoms with Crippen molar-refractivity contribution < 1.29 is 4.42 Å². The van der Waals surface area contributed by atoms with Crippen LogP contribution < -0.4 is 0 Å². The monoisotopic (exact) mass is 636 g/mol. The molecule has 1 heterocycles. The van der Waals surface area contributed by atoms with Crippen molar-refractivity contribution in [2.75, 3.05) is 0 Å². The molecule has 8 aromatic carbocycles. The van der Waals surface area contributed by atoms with Crippen LogP contribution in [0.15, 0.2) is 199 Å². The van der Waals surface area contributed by atoms with Crippen LogP contribution in [0, 0.1) is 0 Å². The number of hydrogen-bond acceptors (Lipinski definition) is 1. The molecule has 1 heteroatoms. The minimum absolute atomic E-state index is 0.429. The molecule has 0 radical (unpaired) electrons. The molecule has 1 aliphatic carbocycles. The summed E-state index contributed by atoms with van der Waals surface area (Å²) in [7, 11) is 0. The van der Waals surface area contributed by atoms with E-state index in [0.717, 1.165) is 33.1 Å². The quantitative estimate of drug-likeness (QED) is 0.183. The lowest BCUT2D eigenvalue weighted by molar-refractivity contribution is 0.670. The van der Waals surface area contributed by atoms with E-state index >= 15 is 0 Å². The van der Waals surface area contributed by atoms with Gasteiger partial charge in [0, 0.05) is 16.3 Å². The third-order valence-electron chi connectivity index (χ3n) is 10.6. The molecule has 0 saturated heterocycles. The van der Waals surface area contributed by atoms with Crippen LogP contribution in [0.1, 0.15) is 22.3 Å². The molecule has 0 saturated carbocycles. The number of fused-ring (bicyclic) bond motifs is 6. The first-order chi connectivity index (χ1) is 24.8. The second kappa shape index (κ2) is 11.3. The Morgan fingerprint density at radius 3 is 1.46 bits per heavy atom. The maximum absolute atomic E-state index is 6.73. The first kappa shape index (κ1) is 28.6. The van der Waals surface area contributed by atoms with Gasteiger partial charge in [0.1, 0.15) is 11.2 Å². The third kappa shape index (κ3) is 4.27. The van der Waals surface area contributed by atoms with E-state index in [1.165, 1.54) is 55.6 Å². The summed E-state index contributed by atoms with van der Waals surface area (Å²) in [6.07, 6.45) is 0. The molecule has 10 rings (SSSR count). The van der Waals surface area contributed by atoms with Crippen LogP contribution in [-0.2, 0) is 5.41 Å². The summed E-state index contributed by atoms with van der Waals surface area (Å²) in [4.78, 5) is 0. The molecule has 0 bridgehead atoms. The second-order valence-electron chi connectivity index (χ2n) is 13.2. The Morgan fingerprint density at radius 1 is 0.320 bits per heavy atom. The SMILES string of the molecule is c1ccc(-c2ccc3oc4c(-c5ccc(C6(c7ccccc7)c7ccccc7-c7ccccc76)cc5)cc(-c5ccccc5)cc4c3c2)cc1. The minimum atomic E-state index is -0.429. The van der Waals surface area contributed by atoms with Crippen LogP contribution in [0.25, 0.3) is 66.4 Å². The lowest BCUT2D eigenvalue weighted by Gasteiger charge is -2.34. The van der Waals surface area contributed by atoms with Crippen LogP contribution in [0.4, 0.5) is 0 Å². The van der Waals surface area contributed by atoms with Gasteiger partial charge in [-0.15, -0.1) is 0 Å². The molecule has 0 aliphatic heterocycles. The molecule has 0 spiro atoms. The molecular formula is C49H32O. The van der Waals surface area contributed by atoms with Gasteiger partial charge >= 0.3 is 0 Å². The first-order valence-electron chi connectivity index (χ1n) is 17.3. The zero-order valence-corrected chi connectivity index (χ0v) is 27.4. The van der Waals surface area contributed by atoms with Crippen molar-refractivity contribution in [3.05, 3.63) is 216 Å². The van der Waals surface area contributed by atoms with Crippen molar-refractivity contribution >= 4 is 21.9 Å². The molecule has 0 amide bonds. The van der Waals surface area contributed by atoms with Crippen molar-refractivity contribution in [2.45, 2.75) is 5.41 Å². The van der Waals surface area contributed by atoms with Crippen LogP contribution in [0.3, 0.4) is 0 Å². The minimum Gasteiger partial charge on any atom is -0.455 e. The van der Waals surface area contributed by atoms with Gasteiger partial charge in [0.05, 0.1) is 5.41 Å². The van der Waals surface area contributed by atoms with Crippen LogP contribution in [-0.4, -0.2) is 0 Å². The Bertz CT molecular complexity index is 2620. The maximum Gasteiger partial charge on any atom is 0.143 e. The normalized spacial score (nSPS) is 13.0. The third-order valence-corrected chi connectivity index (χ3v) is 10.6. The molecule has 0 unspecified atom stereocenters. The Morgan fingerprint density at radius 2 is 0.820 bits per heavy atom. The molecule has 9 aromatic rings. The fourth-order valence-corrected chi connectivity index (χ4v) is 8.31. The van der Waals surface area contributed by atoms with E-state index < -0.39 is 5.41 Å². The van der Waals surface area contributed by atoms with Crippen LogP contribution >= 0.6 is 0 Å². The number of rotatable bonds is 5. The molecule has 50 heavy (non-hydrogen) atoms. The van der Waals surface area contributed by atoms with Crippen molar-refractivity contribution in [1.82, 2.24) is 0 Å². The van der Waals surface area contributed by atoms with E-state index in [4.69, 9.17) is 4.42 Å². The highest BCUT2D eigenvalue weighted by Crippen LogP contribution is 2.56. The Balaban J connectivity index is 1.19. The largest absolute Gasteiger partial charge is 0.455 e. The Hall–Kier alpha value is -6.44. The van der Waals surface area contributed by atoms with Gasteiger partial charge in [0.15, 0.2) is 0 Å². The second-order valence-corrected chi connectivity index (χ2v) is 13.2. The summed E-state index contributed by atoms with van der Waals surface area (Å²) < 4.78 is 6.73. The predicted molar refractivity (Wildman–Crippen MR) is 207 cm³/mol. The summed E-state index contributed by atoms with van der Waals surface area (Å²) in [6, 6.07) is 70.4. The molecule has 0 N–H and O–H groups in total. The number of hydrogen-bond donors (Lipinski definition) is 0. The Kier molecular flexibility index (Phi) is 6.47. The highest BCUT2D eigenvalue weighted by molar-refractivity contribution is 6.12. The fraction of sp³-hybridized carbons (Fsp3) is 0.0204. The van der Waals surface area contributed by atoms with Gasteiger partial charge in [0.2, 0.25) is 0 Å². The van der Waals surface area contributed by atoms with Crippen molar-refractivity contribution in [3.8, 4) is 44.5 Å². The standard InChI is InChI=1S/C49H32O/c1-4-14-33(15-5-1)36-26-29-47-43(30-36)44-32-37(34-16-6-2-7-17-34)31-42(48(44)50-47)35-24-27-39(28-25-35)49(38-18-8-3-9-19-38)45-22-12-10-20-40(45)41-21-11-13-23-46(41)49/h1-32H. The smallest absolute Gasteiger partial charge is 0.143 e. The van der Waals surface area contributed by atoms with Crippen LogP contribution in [0.2, 0.25) is 0 Å². The summed E-state index contributed by atoms with van der Waals surface area (Å²) >= 11 is 0. The molecule has 234 valence electrons. The van der Waals surface area contributed by atoms with Gasteiger partial charge in [-0.3, -0.25) is 0 Å². The van der Waals surface area contributed by atoms with Crippen LogP contribution in [0.5, 0.6) is 0 Å². The highest BCUT2D eigenvalue weighted by Gasteiger charge is 2.45. The van der Waals surface area contributed by atoms with E-state index in [1.54, 1.807) is 0 Å². The topological polar surface area (TPSA) is 13.1 Å². The van der Waals surface area contributed by atoms with Crippen molar-refractivity contribution in [2.24, 2.45) is 0 Å². The Labute approximate surface area is 291 Å². The summed E-state index contributed by atoms with van der Waals surface area (Å²) in [6.45, 7) is 0. The van der Waals surface area contributed by atoms with Gasteiger partial charge in [-0.1, -0.05) is 170 Å². The molecule has 0 atom stereocenters. The average Bonchev–Trinajstić information content (AvgIpc) is 3.72. The zero-order chi connectivity index (χ0) is 33.1. The lowest BCUT2D eigenvalue weighted by Crippen LogP contribution is -2.28. The molecular weight excluding hydrogens is 605 g/mol. The van der Waals surface area contributed by atoms with E-state index in [0.29, 0.717) is 0 Å². The highest BCUT2D eigenvalue weighted by atomic mass is 16.3. The number of furan rings is 1. The van der Waals surface area contributed by atoms with E-state index in [-0.39, 0.29) is 0 Å². The molecule has 0 fully saturated rings. The summed E-state index contributed by atoms with van der Waals surface area (Å²) in [5.41, 5.74) is 16.1. The maximum atomic E-state index is 6.73. The van der Waals surface area contributed by atoms with E-state index in [1.807, 2.05) is 0 Å². The van der Waals surface area contributed by atoms with Gasteiger partial charge < -0.3 is 4.42 Å². The average molecular weight is 637 g/mol. The molecule has 1 aromatic heterocycles. The number of benzene rings is 8. The lowest BCUT2D eigenvalue weighted by atomic mass is 9.67. The molecule has 1 aliphatic rings. The fourth-order valence-electron chi connectivity index (χ4n) is 8.31. The van der Waals surface area contributed by atoms with Crippen molar-refractivity contribution in [1.29, 1.82) is 0 Å². The zero-order valence-electron chi connectivity index (χ0n) is 27.4.